The minimum atomic E-state index is -0.463. The number of rotatable bonds is 5. The van der Waals surface area contributed by atoms with E-state index in [1.54, 1.807) is 44.4 Å². The number of non-ortho nitro benzene ring substituents is 1. The van der Waals surface area contributed by atoms with E-state index in [9.17, 15) is 14.9 Å². The third kappa shape index (κ3) is 3.42. The van der Waals surface area contributed by atoms with Crippen molar-refractivity contribution in [3.05, 3.63) is 64.0 Å². The summed E-state index contributed by atoms with van der Waals surface area (Å²) in [5, 5.41) is 13.7. The highest BCUT2D eigenvalue weighted by atomic mass is 16.6. The summed E-state index contributed by atoms with van der Waals surface area (Å²) < 4.78 is 5.06. The summed E-state index contributed by atoms with van der Waals surface area (Å²) in [4.78, 5) is 30.1. The van der Waals surface area contributed by atoms with Crippen LogP contribution in [0.1, 0.15) is 29.1 Å². The first-order valence-corrected chi connectivity index (χ1v) is 7.57. The molecule has 8 heteroatoms. The first kappa shape index (κ1) is 16.4. The monoisotopic (exact) mass is 340 g/mol. The lowest BCUT2D eigenvalue weighted by molar-refractivity contribution is -0.384. The summed E-state index contributed by atoms with van der Waals surface area (Å²) >= 11 is 0. The van der Waals surface area contributed by atoms with Gasteiger partial charge in [0.1, 0.15) is 11.6 Å². The van der Waals surface area contributed by atoms with E-state index in [1.165, 1.54) is 12.1 Å². The molecule has 0 aliphatic carbocycles. The van der Waals surface area contributed by atoms with Gasteiger partial charge in [-0.1, -0.05) is 0 Å². The normalized spacial score (nSPS) is 11.9. The van der Waals surface area contributed by atoms with Gasteiger partial charge in [-0.15, -0.1) is 0 Å². The largest absolute Gasteiger partial charge is 0.497 e. The number of imidazole rings is 1. The van der Waals surface area contributed by atoms with Gasteiger partial charge in [0.15, 0.2) is 0 Å². The zero-order chi connectivity index (χ0) is 18.0. The second-order valence-electron chi connectivity index (χ2n) is 5.50. The maximum Gasteiger partial charge on any atom is 0.271 e. The van der Waals surface area contributed by atoms with Crippen LogP contribution in [-0.2, 0) is 0 Å². The maximum atomic E-state index is 12.3. The number of nitrogens with zero attached hydrogens (tertiary/aromatic N) is 2. The van der Waals surface area contributed by atoms with E-state index in [0.29, 0.717) is 28.2 Å². The predicted octanol–water partition coefficient (Wildman–Crippen LogP) is 2.97. The van der Waals surface area contributed by atoms with Crippen LogP contribution in [0.15, 0.2) is 42.5 Å². The summed E-state index contributed by atoms with van der Waals surface area (Å²) in [6.07, 6.45) is 0. The minimum Gasteiger partial charge on any atom is -0.497 e. The number of fused-ring (bicyclic) bond motifs is 1. The average molecular weight is 340 g/mol. The van der Waals surface area contributed by atoms with Crippen LogP contribution >= 0.6 is 0 Å². The third-order valence-corrected chi connectivity index (χ3v) is 3.80. The SMILES string of the molecule is COc1ccc(C(=O)NC(C)c2nc3ccc([N+](=O)[O-])cc3[nH]2)cc1. The van der Waals surface area contributed by atoms with Gasteiger partial charge in [-0.05, 0) is 37.3 Å². The first-order valence-electron chi connectivity index (χ1n) is 7.57. The fraction of sp³-hybridized carbons (Fsp3) is 0.176. The second kappa shape index (κ2) is 6.60. The maximum absolute atomic E-state index is 12.3. The topological polar surface area (TPSA) is 110 Å². The van der Waals surface area contributed by atoms with Crippen LogP contribution in [0.4, 0.5) is 5.69 Å². The lowest BCUT2D eigenvalue weighted by atomic mass is 10.2. The van der Waals surface area contributed by atoms with Crippen molar-refractivity contribution in [2.24, 2.45) is 0 Å². The van der Waals surface area contributed by atoms with Gasteiger partial charge < -0.3 is 15.0 Å². The molecule has 0 aliphatic heterocycles. The van der Waals surface area contributed by atoms with Crippen molar-refractivity contribution in [3.8, 4) is 5.75 Å². The van der Waals surface area contributed by atoms with E-state index >= 15 is 0 Å². The average Bonchev–Trinajstić information content (AvgIpc) is 3.05. The molecule has 1 amide bonds. The molecule has 1 atom stereocenters. The zero-order valence-corrected chi connectivity index (χ0v) is 13.6. The van der Waals surface area contributed by atoms with Gasteiger partial charge in [-0.25, -0.2) is 4.98 Å². The Labute approximate surface area is 143 Å². The number of hydrogen-bond donors (Lipinski definition) is 2. The smallest absolute Gasteiger partial charge is 0.271 e. The van der Waals surface area contributed by atoms with Crippen LogP contribution in [0.3, 0.4) is 0 Å². The molecule has 1 heterocycles. The number of H-pyrrole nitrogens is 1. The number of amides is 1. The van der Waals surface area contributed by atoms with Gasteiger partial charge in [0, 0.05) is 17.7 Å². The number of aromatic nitrogens is 2. The van der Waals surface area contributed by atoms with Crippen LogP contribution in [0, 0.1) is 10.1 Å². The molecule has 2 N–H and O–H groups in total. The molecule has 0 saturated carbocycles. The van der Waals surface area contributed by atoms with Gasteiger partial charge in [0.25, 0.3) is 11.6 Å². The van der Waals surface area contributed by atoms with E-state index in [0.717, 1.165) is 0 Å². The van der Waals surface area contributed by atoms with Crippen LogP contribution in [-0.4, -0.2) is 27.9 Å². The molecule has 0 fully saturated rings. The van der Waals surface area contributed by atoms with Crippen molar-refractivity contribution in [2.45, 2.75) is 13.0 Å². The Morgan fingerprint density at radius 2 is 2.00 bits per heavy atom. The Kier molecular flexibility index (Phi) is 4.34. The summed E-state index contributed by atoms with van der Waals surface area (Å²) in [6, 6.07) is 10.8. The molecule has 2 aromatic carbocycles. The summed E-state index contributed by atoms with van der Waals surface area (Å²) in [5.74, 6) is 0.947. The molecule has 128 valence electrons. The number of carbonyl (C=O) groups excluding carboxylic acids is 1. The molecule has 0 radical (unpaired) electrons. The van der Waals surface area contributed by atoms with E-state index in [4.69, 9.17) is 4.74 Å². The molecule has 0 bridgehead atoms. The molecule has 3 rings (SSSR count). The third-order valence-electron chi connectivity index (χ3n) is 3.80. The summed E-state index contributed by atoms with van der Waals surface area (Å²) in [6.45, 7) is 1.79. The van der Waals surface area contributed by atoms with Crippen molar-refractivity contribution in [2.75, 3.05) is 7.11 Å². The number of benzene rings is 2. The van der Waals surface area contributed by atoms with Crippen molar-refractivity contribution in [1.29, 1.82) is 0 Å². The fourth-order valence-electron chi connectivity index (χ4n) is 2.43. The molecule has 1 aromatic heterocycles. The van der Waals surface area contributed by atoms with Crippen molar-refractivity contribution in [3.63, 3.8) is 0 Å². The molecule has 25 heavy (non-hydrogen) atoms. The van der Waals surface area contributed by atoms with E-state index < -0.39 is 4.92 Å². The number of carbonyl (C=O) groups is 1. The molecule has 0 aliphatic rings. The molecule has 0 spiro atoms. The zero-order valence-electron chi connectivity index (χ0n) is 13.6. The van der Waals surface area contributed by atoms with Crippen molar-refractivity contribution >= 4 is 22.6 Å². The van der Waals surface area contributed by atoms with Gasteiger partial charge in [0.2, 0.25) is 0 Å². The molecular weight excluding hydrogens is 324 g/mol. The summed E-state index contributed by atoms with van der Waals surface area (Å²) in [7, 11) is 1.56. The van der Waals surface area contributed by atoms with Gasteiger partial charge in [-0.2, -0.15) is 0 Å². The first-order chi connectivity index (χ1) is 12.0. The number of nitro benzene ring substituents is 1. The number of nitrogens with one attached hydrogen (secondary N) is 2. The second-order valence-corrected chi connectivity index (χ2v) is 5.50. The molecule has 1 unspecified atom stereocenters. The fourth-order valence-corrected chi connectivity index (χ4v) is 2.43. The highest BCUT2D eigenvalue weighted by Crippen LogP contribution is 2.21. The van der Waals surface area contributed by atoms with Crippen molar-refractivity contribution in [1.82, 2.24) is 15.3 Å². The Hall–Kier alpha value is -3.42. The molecule has 8 nitrogen and oxygen atoms in total. The lowest BCUT2D eigenvalue weighted by Crippen LogP contribution is -2.27. The standard InChI is InChI=1S/C17H16N4O4/c1-10(18-17(22)11-3-6-13(25-2)7-4-11)16-19-14-8-5-12(21(23)24)9-15(14)20-16/h3-10H,1-2H3,(H,18,22)(H,19,20). The Morgan fingerprint density at radius 3 is 2.64 bits per heavy atom. The lowest BCUT2D eigenvalue weighted by Gasteiger charge is -2.11. The Balaban J connectivity index is 1.77. The Morgan fingerprint density at radius 1 is 1.28 bits per heavy atom. The quantitative estimate of drug-likeness (QED) is 0.548. The van der Waals surface area contributed by atoms with E-state index in [2.05, 4.69) is 15.3 Å². The highest BCUT2D eigenvalue weighted by Gasteiger charge is 2.16. The van der Waals surface area contributed by atoms with E-state index in [-0.39, 0.29) is 17.6 Å². The van der Waals surface area contributed by atoms with E-state index in [1.807, 2.05) is 0 Å². The highest BCUT2D eigenvalue weighted by molar-refractivity contribution is 5.94. The van der Waals surface area contributed by atoms with Crippen LogP contribution in [0.25, 0.3) is 11.0 Å². The number of ether oxygens (including phenoxy) is 1. The number of aromatic amines is 1. The number of hydrogen-bond acceptors (Lipinski definition) is 5. The molecular formula is C17H16N4O4. The van der Waals surface area contributed by atoms with Gasteiger partial charge in [-0.3, -0.25) is 14.9 Å². The molecule has 3 aromatic rings. The van der Waals surface area contributed by atoms with Crippen LogP contribution in [0.2, 0.25) is 0 Å². The summed E-state index contributed by atoms with van der Waals surface area (Å²) in [5.41, 5.74) is 1.64. The molecule has 0 saturated heterocycles. The van der Waals surface area contributed by atoms with Crippen molar-refractivity contribution < 1.29 is 14.5 Å². The van der Waals surface area contributed by atoms with Crippen LogP contribution in [0.5, 0.6) is 5.75 Å². The van der Waals surface area contributed by atoms with Gasteiger partial charge in [0.05, 0.1) is 29.1 Å². The minimum absolute atomic E-state index is 0.0161. The van der Waals surface area contributed by atoms with Gasteiger partial charge >= 0.3 is 0 Å². The number of nitro groups is 1. The number of methoxy groups -OCH3 is 1. The van der Waals surface area contributed by atoms with Crippen LogP contribution < -0.4 is 10.1 Å². The Bertz CT molecular complexity index is 933. The predicted molar refractivity (Wildman–Crippen MR) is 91.6 cm³/mol.